The number of aromatic nitrogens is 4. The summed E-state index contributed by atoms with van der Waals surface area (Å²) >= 11 is 5.77. The van der Waals surface area contributed by atoms with Crippen molar-refractivity contribution >= 4 is 11.6 Å². The second-order valence-corrected chi connectivity index (χ2v) is 4.09. The van der Waals surface area contributed by atoms with Crippen LogP contribution in [-0.2, 0) is 5.88 Å². The van der Waals surface area contributed by atoms with E-state index < -0.39 is 0 Å². The van der Waals surface area contributed by atoms with Gasteiger partial charge in [-0.1, -0.05) is 0 Å². The lowest BCUT2D eigenvalue weighted by Gasteiger charge is -2.09. The lowest BCUT2D eigenvalue weighted by atomic mass is 10.2. The molecule has 1 aliphatic heterocycles. The van der Waals surface area contributed by atoms with E-state index in [0.29, 0.717) is 24.8 Å². The molecule has 1 aliphatic rings. The molecule has 2 heterocycles. The van der Waals surface area contributed by atoms with Gasteiger partial charge in [0.1, 0.15) is 0 Å². The Balaban J connectivity index is 2.01. The average Bonchev–Trinajstić information content (AvgIpc) is 2.76. The fraction of sp³-hybridized carbons (Fsp3) is 0.364. The van der Waals surface area contributed by atoms with E-state index in [0.717, 1.165) is 17.9 Å². The normalized spacial score (nSPS) is 14.3. The number of rotatable bonds is 2. The Morgan fingerprint density at radius 1 is 1.22 bits per heavy atom. The summed E-state index contributed by atoms with van der Waals surface area (Å²) in [5.41, 5.74) is 0.805. The van der Waals surface area contributed by atoms with Gasteiger partial charge < -0.3 is 9.47 Å². The van der Waals surface area contributed by atoms with Crippen LogP contribution in [0, 0.1) is 0 Å². The van der Waals surface area contributed by atoms with Crippen molar-refractivity contribution in [1.29, 1.82) is 0 Å². The molecule has 0 N–H and O–H groups in total. The molecule has 0 aliphatic carbocycles. The van der Waals surface area contributed by atoms with Gasteiger partial charge in [-0.05, 0) is 22.6 Å². The molecule has 94 valence electrons. The minimum Gasteiger partial charge on any atom is -0.490 e. The molecule has 0 spiro atoms. The van der Waals surface area contributed by atoms with Gasteiger partial charge in [0.15, 0.2) is 17.3 Å². The summed E-state index contributed by atoms with van der Waals surface area (Å²) in [4.78, 5) is 0. The van der Waals surface area contributed by atoms with E-state index in [4.69, 9.17) is 21.1 Å². The van der Waals surface area contributed by atoms with E-state index in [1.54, 1.807) is 4.68 Å². The molecule has 7 heteroatoms. The second kappa shape index (κ2) is 4.81. The predicted octanol–water partition coefficient (Wildman–Crippen LogP) is 1.56. The van der Waals surface area contributed by atoms with Gasteiger partial charge in [0.25, 0.3) is 0 Å². The number of halogens is 1. The number of benzene rings is 1. The number of ether oxygens (including phenoxy) is 2. The molecule has 1 aromatic carbocycles. The third kappa shape index (κ3) is 1.99. The van der Waals surface area contributed by atoms with Crippen LogP contribution in [0.15, 0.2) is 18.2 Å². The van der Waals surface area contributed by atoms with Crippen molar-refractivity contribution < 1.29 is 9.47 Å². The molecule has 0 atom stereocenters. The first kappa shape index (κ1) is 11.3. The lowest BCUT2D eigenvalue weighted by molar-refractivity contribution is 0.297. The Bertz CT molecular complexity index is 558. The molecule has 0 radical (unpaired) electrons. The maximum absolute atomic E-state index is 5.77. The van der Waals surface area contributed by atoms with Crippen LogP contribution in [0.1, 0.15) is 12.2 Å². The van der Waals surface area contributed by atoms with Crippen molar-refractivity contribution in [1.82, 2.24) is 20.2 Å². The number of hydrogen-bond donors (Lipinski definition) is 0. The Labute approximate surface area is 108 Å². The van der Waals surface area contributed by atoms with Crippen LogP contribution in [0.25, 0.3) is 5.69 Å². The van der Waals surface area contributed by atoms with Gasteiger partial charge in [-0.3, -0.25) is 0 Å². The minimum atomic E-state index is 0.251. The smallest absolute Gasteiger partial charge is 0.171 e. The van der Waals surface area contributed by atoms with Gasteiger partial charge in [0, 0.05) is 12.5 Å². The van der Waals surface area contributed by atoms with Gasteiger partial charge in [0.2, 0.25) is 0 Å². The van der Waals surface area contributed by atoms with Crippen LogP contribution in [0.3, 0.4) is 0 Å². The first-order chi connectivity index (χ1) is 8.88. The molecular weight excluding hydrogens is 256 g/mol. The number of hydrogen-bond acceptors (Lipinski definition) is 5. The number of fused-ring (bicyclic) bond motifs is 1. The molecule has 0 saturated carbocycles. The Morgan fingerprint density at radius 3 is 2.89 bits per heavy atom. The van der Waals surface area contributed by atoms with E-state index in [9.17, 15) is 0 Å². The quantitative estimate of drug-likeness (QED) is 0.772. The number of nitrogens with zero attached hydrogens (tertiary/aromatic N) is 4. The predicted molar refractivity (Wildman–Crippen MR) is 64.3 cm³/mol. The molecule has 0 saturated heterocycles. The van der Waals surface area contributed by atoms with Crippen LogP contribution in [0.4, 0.5) is 0 Å². The van der Waals surface area contributed by atoms with E-state index >= 15 is 0 Å². The highest BCUT2D eigenvalue weighted by molar-refractivity contribution is 6.16. The van der Waals surface area contributed by atoms with Gasteiger partial charge in [0.05, 0.1) is 24.8 Å². The first-order valence-electron chi connectivity index (χ1n) is 5.62. The molecule has 2 aromatic rings. The second-order valence-electron chi connectivity index (χ2n) is 3.82. The number of tetrazole rings is 1. The zero-order chi connectivity index (χ0) is 12.4. The number of alkyl halides is 1. The SMILES string of the molecule is ClCc1nnnn1-c1ccc2c(c1)OCCCO2. The zero-order valence-electron chi connectivity index (χ0n) is 9.54. The van der Waals surface area contributed by atoms with Gasteiger partial charge in [-0.2, -0.15) is 4.68 Å². The van der Waals surface area contributed by atoms with Crippen molar-refractivity contribution in [3.05, 3.63) is 24.0 Å². The van der Waals surface area contributed by atoms with Crippen molar-refractivity contribution in [2.75, 3.05) is 13.2 Å². The van der Waals surface area contributed by atoms with E-state index in [2.05, 4.69) is 15.5 Å². The van der Waals surface area contributed by atoms with Gasteiger partial charge in [-0.15, -0.1) is 16.7 Å². The summed E-state index contributed by atoms with van der Waals surface area (Å²) < 4.78 is 12.8. The lowest BCUT2D eigenvalue weighted by Crippen LogP contribution is -2.02. The zero-order valence-corrected chi connectivity index (χ0v) is 10.3. The topological polar surface area (TPSA) is 62.1 Å². The fourth-order valence-electron chi connectivity index (χ4n) is 1.77. The molecule has 3 rings (SSSR count). The van der Waals surface area contributed by atoms with Gasteiger partial charge >= 0.3 is 0 Å². The fourth-order valence-corrected chi connectivity index (χ4v) is 1.94. The van der Waals surface area contributed by atoms with Crippen LogP contribution in [0.2, 0.25) is 0 Å². The third-order valence-corrected chi connectivity index (χ3v) is 2.87. The summed E-state index contributed by atoms with van der Waals surface area (Å²) in [5.74, 6) is 2.30. The molecular formula is C11H11ClN4O2. The molecule has 18 heavy (non-hydrogen) atoms. The summed E-state index contributed by atoms with van der Waals surface area (Å²) in [6, 6.07) is 5.59. The molecule has 0 fully saturated rings. The van der Waals surface area contributed by atoms with E-state index in [1.807, 2.05) is 18.2 Å². The van der Waals surface area contributed by atoms with Crippen LogP contribution < -0.4 is 9.47 Å². The van der Waals surface area contributed by atoms with Crippen molar-refractivity contribution in [3.63, 3.8) is 0 Å². The Morgan fingerprint density at radius 2 is 2.06 bits per heavy atom. The summed E-state index contributed by atoms with van der Waals surface area (Å²) in [5, 5.41) is 11.4. The van der Waals surface area contributed by atoms with Crippen molar-refractivity contribution in [2.24, 2.45) is 0 Å². The Hall–Kier alpha value is -1.82. The molecule has 6 nitrogen and oxygen atoms in total. The van der Waals surface area contributed by atoms with Crippen molar-refractivity contribution in [2.45, 2.75) is 12.3 Å². The maximum Gasteiger partial charge on any atom is 0.171 e. The van der Waals surface area contributed by atoms with Crippen LogP contribution in [-0.4, -0.2) is 33.4 Å². The highest BCUT2D eigenvalue weighted by atomic mass is 35.5. The summed E-state index contributed by atoms with van der Waals surface area (Å²) in [7, 11) is 0. The summed E-state index contributed by atoms with van der Waals surface area (Å²) in [6.07, 6.45) is 0.877. The van der Waals surface area contributed by atoms with Crippen LogP contribution in [0.5, 0.6) is 11.5 Å². The molecule has 0 amide bonds. The first-order valence-corrected chi connectivity index (χ1v) is 6.15. The maximum atomic E-state index is 5.77. The standard InChI is InChI=1S/C11H11ClN4O2/c12-7-11-13-14-15-16(11)8-2-3-9-10(6-8)18-5-1-4-17-9/h2-3,6H,1,4-5,7H2. The van der Waals surface area contributed by atoms with E-state index in [1.165, 1.54) is 0 Å². The van der Waals surface area contributed by atoms with Gasteiger partial charge in [-0.25, -0.2) is 0 Å². The summed E-state index contributed by atoms with van der Waals surface area (Å²) in [6.45, 7) is 1.32. The molecule has 0 unspecified atom stereocenters. The Kier molecular flexibility index (Phi) is 3.02. The monoisotopic (exact) mass is 266 g/mol. The highest BCUT2D eigenvalue weighted by Gasteiger charge is 2.13. The minimum absolute atomic E-state index is 0.251. The largest absolute Gasteiger partial charge is 0.490 e. The highest BCUT2D eigenvalue weighted by Crippen LogP contribution is 2.31. The molecule has 0 bridgehead atoms. The average molecular weight is 267 g/mol. The third-order valence-electron chi connectivity index (χ3n) is 2.63. The van der Waals surface area contributed by atoms with Crippen LogP contribution >= 0.6 is 11.6 Å². The van der Waals surface area contributed by atoms with Crippen molar-refractivity contribution in [3.8, 4) is 17.2 Å². The van der Waals surface area contributed by atoms with E-state index in [-0.39, 0.29) is 5.88 Å². The molecule has 1 aromatic heterocycles.